The molecule has 0 aliphatic carbocycles. The average molecular weight is 218 g/mol. The first kappa shape index (κ1) is 10.7. The molecule has 0 spiro atoms. The largest absolute Gasteiger partial charge is 0.496 e. The maximum Gasteiger partial charge on any atom is 0.223 e. The summed E-state index contributed by atoms with van der Waals surface area (Å²) in [6.07, 6.45) is 0.911. The quantitative estimate of drug-likeness (QED) is 0.794. The molecule has 0 unspecified atom stereocenters. The van der Waals surface area contributed by atoms with Gasteiger partial charge in [-0.15, -0.1) is 0 Å². The minimum Gasteiger partial charge on any atom is -0.496 e. The third-order valence-corrected chi connectivity index (χ3v) is 2.45. The summed E-state index contributed by atoms with van der Waals surface area (Å²) < 4.78 is 10.4. The van der Waals surface area contributed by atoms with Crippen LogP contribution in [-0.2, 0) is 6.42 Å². The second-order valence-corrected chi connectivity index (χ2v) is 3.49. The lowest BCUT2D eigenvalue weighted by Crippen LogP contribution is -1.94. The fraction of sp³-hybridized carbons (Fsp3) is 0.333. The summed E-state index contributed by atoms with van der Waals surface area (Å²) in [4.78, 5) is 4.21. The topological polar surface area (TPSA) is 48.2 Å². The van der Waals surface area contributed by atoms with Gasteiger partial charge in [-0.2, -0.15) is 4.98 Å². The highest BCUT2D eigenvalue weighted by molar-refractivity contribution is 5.66. The van der Waals surface area contributed by atoms with Gasteiger partial charge in [-0.3, -0.25) is 0 Å². The highest BCUT2D eigenvalue weighted by Gasteiger charge is 2.13. The van der Waals surface area contributed by atoms with Crippen molar-refractivity contribution in [2.75, 3.05) is 7.11 Å². The molecule has 0 saturated carbocycles. The fourth-order valence-corrected chi connectivity index (χ4v) is 1.69. The first-order chi connectivity index (χ1) is 7.76. The van der Waals surface area contributed by atoms with Gasteiger partial charge < -0.3 is 9.26 Å². The standard InChI is InChI=1S/C12H14N2O2/c1-4-9-6-5-7-10(11(9)15-3)12-13-8(2)16-14-12/h5-7H,4H2,1-3H3. The van der Waals surface area contributed by atoms with Crippen molar-refractivity contribution in [3.8, 4) is 17.1 Å². The monoisotopic (exact) mass is 218 g/mol. The Balaban J connectivity index is 2.56. The van der Waals surface area contributed by atoms with E-state index >= 15 is 0 Å². The van der Waals surface area contributed by atoms with E-state index in [4.69, 9.17) is 9.26 Å². The van der Waals surface area contributed by atoms with Gasteiger partial charge in [0.25, 0.3) is 0 Å². The molecular formula is C12H14N2O2. The Kier molecular flexibility index (Phi) is 2.90. The maximum absolute atomic E-state index is 5.41. The number of hydrogen-bond donors (Lipinski definition) is 0. The summed E-state index contributed by atoms with van der Waals surface area (Å²) in [6, 6.07) is 5.94. The van der Waals surface area contributed by atoms with Gasteiger partial charge >= 0.3 is 0 Å². The number of aromatic nitrogens is 2. The molecule has 2 rings (SSSR count). The second-order valence-electron chi connectivity index (χ2n) is 3.49. The van der Waals surface area contributed by atoms with Crippen molar-refractivity contribution in [2.24, 2.45) is 0 Å². The Morgan fingerprint density at radius 1 is 1.38 bits per heavy atom. The zero-order valence-corrected chi connectivity index (χ0v) is 9.65. The van der Waals surface area contributed by atoms with Crippen LogP contribution in [0, 0.1) is 6.92 Å². The SMILES string of the molecule is CCc1cccc(-c2noc(C)n2)c1OC. The van der Waals surface area contributed by atoms with Crippen LogP contribution >= 0.6 is 0 Å². The van der Waals surface area contributed by atoms with Gasteiger partial charge in [0.1, 0.15) is 5.75 Å². The Morgan fingerprint density at radius 2 is 2.19 bits per heavy atom. The van der Waals surface area contributed by atoms with Crippen LogP contribution in [0.3, 0.4) is 0 Å². The van der Waals surface area contributed by atoms with Crippen molar-refractivity contribution in [3.63, 3.8) is 0 Å². The molecule has 0 saturated heterocycles. The van der Waals surface area contributed by atoms with Crippen LogP contribution in [0.4, 0.5) is 0 Å². The predicted molar refractivity (Wildman–Crippen MR) is 60.4 cm³/mol. The van der Waals surface area contributed by atoms with E-state index < -0.39 is 0 Å². The van der Waals surface area contributed by atoms with Crippen LogP contribution in [0.15, 0.2) is 22.7 Å². The van der Waals surface area contributed by atoms with E-state index in [1.165, 1.54) is 0 Å². The summed E-state index contributed by atoms with van der Waals surface area (Å²) in [5.74, 6) is 1.95. The van der Waals surface area contributed by atoms with E-state index in [1.807, 2.05) is 18.2 Å². The minimum atomic E-state index is 0.555. The van der Waals surface area contributed by atoms with Crippen LogP contribution in [0.1, 0.15) is 18.4 Å². The van der Waals surface area contributed by atoms with Crippen molar-refractivity contribution >= 4 is 0 Å². The molecule has 84 valence electrons. The number of nitrogens with zero attached hydrogens (tertiary/aromatic N) is 2. The van der Waals surface area contributed by atoms with E-state index in [1.54, 1.807) is 14.0 Å². The molecule has 0 aliphatic heterocycles. The van der Waals surface area contributed by atoms with Gasteiger partial charge in [-0.05, 0) is 18.1 Å². The number of ether oxygens (including phenoxy) is 1. The molecule has 2 aromatic rings. The van der Waals surface area contributed by atoms with Crippen LogP contribution in [0.25, 0.3) is 11.4 Å². The maximum atomic E-state index is 5.41. The van der Waals surface area contributed by atoms with Crippen molar-refractivity contribution in [2.45, 2.75) is 20.3 Å². The number of benzene rings is 1. The van der Waals surface area contributed by atoms with Crippen molar-refractivity contribution < 1.29 is 9.26 Å². The molecule has 0 amide bonds. The molecule has 0 fully saturated rings. The molecule has 4 heteroatoms. The van der Waals surface area contributed by atoms with E-state index in [0.717, 1.165) is 23.3 Å². The molecule has 16 heavy (non-hydrogen) atoms. The van der Waals surface area contributed by atoms with Crippen LogP contribution < -0.4 is 4.74 Å². The van der Waals surface area contributed by atoms with Gasteiger partial charge in [0.05, 0.1) is 12.7 Å². The summed E-state index contributed by atoms with van der Waals surface area (Å²) in [5, 5.41) is 3.90. The highest BCUT2D eigenvalue weighted by atomic mass is 16.5. The van der Waals surface area contributed by atoms with Gasteiger partial charge in [0.2, 0.25) is 11.7 Å². The fourth-order valence-electron chi connectivity index (χ4n) is 1.69. The molecular weight excluding hydrogens is 204 g/mol. The summed E-state index contributed by atoms with van der Waals surface area (Å²) in [6.45, 7) is 3.86. The lowest BCUT2D eigenvalue weighted by Gasteiger charge is -2.09. The molecule has 0 aliphatic rings. The van der Waals surface area contributed by atoms with Crippen molar-refractivity contribution in [1.82, 2.24) is 10.1 Å². The van der Waals surface area contributed by atoms with Crippen molar-refractivity contribution in [3.05, 3.63) is 29.7 Å². The van der Waals surface area contributed by atoms with E-state index in [2.05, 4.69) is 17.1 Å². The molecule has 0 bridgehead atoms. The zero-order chi connectivity index (χ0) is 11.5. The average Bonchev–Trinajstić information content (AvgIpc) is 2.74. The Bertz CT molecular complexity index is 492. The first-order valence-electron chi connectivity index (χ1n) is 5.22. The smallest absolute Gasteiger partial charge is 0.223 e. The Hall–Kier alpha value is -1.84. The summed E-state index contributed by atoms with van der Waals surface area (Å²) in [7, 11) is 1.66. The molecule has 1 aromatic carbocycles. The van der Waals surface area contributed by atoms with E-state index in [-0.39, 0.29) is 0 Å². The number of methoxy groups -OCH3 is 1. The third kappa shape index (κ3) is 1.78. The molecule has 0 atom stereocenters. The van der Waals surface area contributed by atoms with Gasteiger partial charge in [0.15, 0.2) is 0 Å². The molecule has 0 radical (unpaired) electrons. The predicted octanol–water partition coefficient (Wildman–Crippen LogP) is 2.62. The number of rotatable bonds is 3. The first-order valence-corrected chi connectivity index (χ1v) is 5.22. The normalized spacial score (nSPS) is 10.4. The zero-order valence-electron chi connectivity index (χ0n) is 9.65. The van der Waals surface area contributed by atoms with Crippen molar-refractivity contribution in [1.29, 1.82) is 0 Å². The van der Waals surface area contributed by atoms with Gasteiger partial charge in [-0.25, -0.2) is 0 Å². The number of hydrogen-bond acceptors (Lipinski definition) is 4. The molecule has 0 N–H and O–H groups in total. The van der Waals surface area contributed by atoms with E-state index in [0.29, 0.717) is 11.7 Å². The van der Waals surface area contributed by atoms with Crippen LogP contribution in [-0.4, -0.2) is 17.3 Å². The lowest BCUT2D eigenvalue weighted by molar-refractivity contribution is 0.392. The second kappa shape index (κ2) is 4.35. The summed E-state index contributed by atoms with van der Waals surface area (Å²) in [5.41, 5.74) is 2.01. The summed E-state index contributed by atoms with van der Waals surface area (Å²) >= 11 is 0. The van der Waals surface area contributed by atoms with Gasteiger partial charge in [-0.1, -0.05) is 24.2 Å². The molecule has 1 aromatic heterocycles. The number of aryl methyl sites for hydroxylation is 2. The van der Waals surface area contributed by atoms with Gasteiger partial charge in [0, 0.05) is 6.92 Å². The van der Waals surface area contributed by atoms with Crippen LogP contribution in [0.5, 0.6) is 5.75 Å². The molecule has 1 heterocycles. The minimum absolute atomic E-state index is 0.555. The number of para-hydroxylation sites is 1. The highest BCUT2D eigenvalue weighted by Crippen LogP contribution is 2.31. The third-order valence-electron chi connectivity index (χ3n) is 2.45. The Labute approximate surface area is 94.2 Å². The van der Waals surface area contributed by atoms with Crippen LogP contribution in [0.2, 0.25) is 0 Å². The van der Waals surface area contributed by atoms with E-state index in [9.17, 15) is 0 Å². The Morgan fingerprint density at radius 3 is 2.75 bits per heavy atom. The molecule has 4 nitrogen and oxygen atoms in total. The lowest BCUT2D eigenvalue weighted by atomic mass is 10.1.